The van der Waals surface area contributed by atoms with Crippen molar-refractivity contribution in [2.45, 2.75) is 26.0 Å². The molecule has 0 fully saturated rings. The van der Waals surface area contributed by atoms with E-state index in [0.29, 0.717) is 16.1 Å². The lowest BCUT2D eigenvalue weighted by atomic mass is 10.1. The third-order valence-electron chi connectivity index (χ3n) is 4.49. The van der Waals surface area contributed by atoms with Gasteiger partial charge in [-0.05, 0) is 30.5 Å². The van der Waals surface area contributed by atoms with E-state index in [9.17, 15) is 13.5 Å². The summed E-state index contributed by atoms with van der Waals surface area (Å²) in [6.07, 6.45) is 2.46. The van der Waals surface area contributed by atoms with Crippen LogP contribution in [0.2, 0.25) is 5.02 Å². The van der Waals surface area contributed by atoms with E-state index in [0.717, 1.165) is 24.2 Å². The predicted molar refractivity (Wildman–Crippen MR) is 106 cm³/mol. The van der Waals surface area contributed by atoms with Gasteiger partial charge in [-0.25, -0.2) is 8.42 Å². The molecule has 0 radical (unpaired) electrons. The average Bonchev–Trinajstić information content (AvgIpc) is 2.56. The lowest BCUT2D eigenvalue weighted by Crippen LogP contribution is -2.21. The van der Waals surface area contributed by atoms with Crippen molar-refractivity contribution in [3.63, 3.8) is 0 Å². The number of anilines is 1. The molecule has 0 saturated carbocycles. The second kappa shape index (κ2) is 6.93. The second-order valence-electron chi connectivity index (χ2n) is 6.46. The van der Waals surface area contributed by atoms with Gasteiger partial charge in [0.1, 0.15) is 10.6 Å². The highest BCUT2D eigenvalue weighted by atomic mass is 35.5. The van der Waals surface area contributed by atoms with Crippen LogP contribution in [0.15, 0.2) is 30.5 Å². The Labute approximate surface area is 158 Å². The van der Waals surface area contributed by atoms with Gasteiger partial charge in [-0.15, -0.1) is 0 Å². The smallest absolute Gasteiger partial charge is 0.186 e. The summed E-state index contributed by atoms with van der Waals surface area (Å²) >= 11 is 6.63. The fourth-order valence-electron chi connectivity index (χ4n) is 3.35. The topological polar surface area (TPSA) is 70.5 Å². The highest BCUT2D eigenvalue weighted by molar-refractivity contribution is 8.00. The molecule has 0 spiro atoms. The van der Waals surface area contributed by atoms with Gasteiger partial charge >= 0.3 is 0 Å². The zero-order valence-corrected chi connectivity index (χ0v) is 16.5. The molecule has 0 aliphatic carbocycles. The Bertz CT molecular complexity index is 1000. The average molecular weight is 393 g/mol. The molecule has 2 heterocycles. The van der Waals surface area contributed by atoms with Crippen LogP contribution in [0.3, 0.4) is 0 Å². The second-order valence-corrected chi connectivity index (χ2v) is 8.77. The number of aromatic nitrogens is 1. The number of rotatable bonds is 4. The van der Waals surface area contributed by atoms with Gasteiger partial charge in [0.2, 0.25) is 0 Å². The first-order valence-corrected chi connectivity index (χ1v) is 10.4. The van der Waals surface area contributed by atoms with Crippen molar-refractivity contribution in [2.24, 2.45) is 0 Å². The van der Waals surface area contributed by atoms with Gasteiger partial charge < -0.3 is 10.0 Å². The quantitative estimate of drug-likeness (QED) is 0.844. The fourth-order valence-corrected chi connectivity index (χ4v) is 5.54. The Morgan fingerprint density at radius 3 is 2.73 bits per heavy atom. The van der Waals surface area contributed by atoms with E-state index in [1.165, 1.54) is 6.20 Å². The number of fused-ring (bicyclic) bond motifs is 1. The maximum absolute atomic E-state index is 12.9. The van der Waals surface area contributed by atoms with Crippen molar-refractivity contribution < 1.29 is 13.5 Å². The first-order valence-electron chi connectivity index (χ1n) is 8.38. The van der Waals surface area contributed by atoms with Crippen LogP contribution in [0.1, 0.15) is 35.7 Å². The van der Waals surface area contributed by atoms with Crippen molar-refractivity contribution in [3.8, 4) is 0 Å². The molecule has 0 bridgehead atoms. The van der Waals surface area contributed by atoms with Gasteiger partial charge in [-0.3, -0.25) is 4.98 Å². The molecule has 0 atom stereocenters. The third kappa shape index (κ3) is 3.08. The highest BCUT2D eigenvalue weighted by Gasteiger charge is 2.34. The monoisotopic (exact) mass is 392 g/mol. The Kier molecular flexibility index (Phi) is 4.99. The van der Waals surface area contributed by atoms with E-state index in [4.69, 9.17) is 11.6 Å². The van der Waals surface area contributed by atoms with Crippen molar-refractivity contribution in [2.75, 3.05) is 18.5 Å². The number of hydrogen-bond acceptors (Lipinski definition) is 5. The van der Waals surface area contributed by atoms with Crippen LogP contribution in [-0.2, 0) is 15.6 Å². The van der Waals surface area contributed by atoms with Gasteiger partial charge in [0.05, 0.1) is 16.5 Å². The number of aliphatic hydroxyl groups is 1. The highest BCUT2D eigenvalue weighted by Crippen LogP contribution is 2.43. The molecule has 0 amide bonds. The maximum atomic E-state index is 12.9. The van der Waals surface area contributed by atoms with E-state index in [1.54, 1.807) is 18.2 Å². The minimum atomic E-state index is -3.74. The van der Waals surface area contributed by atoms with Gasteiger partial charge in [0.25, 0.3) is 0 Å². The number of hydrogen-bond donors (Lipinski definition) is 1. The summed E-state index contributed by atoms with van der Waals surface area (Å²) in [5.74, 6) is -0.554. The summed E-state index contributed by atoms with van der Waals surface area (Å²) < 4.78 is 25.8. The molecule has 1 aromatic carbocycles. The number of aryl methyl sites for hydroxylation is 1. The Balaban J connectivity index is 2.28. The summed E-state index contributed by atoms with van der Waals surface area (Å²) in [6.45, 7) is 4.77. The van der Waals surface area contributed by atoms with E-state index >= 15 is 0 Å². The van der Waals surface area contributed by atoms with Crippen LogP contribution in [-0.4, -0.2) is 32.1 Å². The molecular weight excluding hydrogens is 372 g/mol. The molecule has 1 N–H and O–H groups in total. The minimum Gasteiger partial charge on any atom is -0.504 e. The SMILES string of the molecule is CCCN(C)c1c(C)ccc(C2=C(O)c3ncccc3CS2(=O)=O)c1Cl. The number of halogens is 1. The summed E-state index contributed by atoms with van der Waals surface area (Å²) in [6, 6.07) is 6.79. The van der Waals surface area contributed by atoms with E-state index < -0.39 is 9.84 Å². The summed E-state index contributed by atoms with van der Waals surface area (Å²) in [5, 5.41) is 11.0. The van der Waals surface area contributed by atoms with Gasteiger partial charge in [0.15, 0.2) is 15.6 Å². The van der Waals surface area contributed by atoms with Gasteiger partial charge in [-0.2, -0.15) is 0 Å². The van der Waals surface area contributed by atoms with E-state index in [1.807, 2.05) is 24.9 Å². The Morgan fingerprint density at radius 1 is 1.31 bits per heavy atom. The van der Waals surface area contributed by atoms with Crippen molar-refractivity contribution in [3.05, 3.63) is 57.9 Å². The molecule has 0 unspecified atom stereocenters. The van der Waals surface area contributed by atoms with Gasteiger partial charge in [0, 0.05) is 25.4 Å². The van der Waals surface area contributed by atoms with Crippen molar-refractivity contribution in [1.29, 1.82) is 0 Å². The largest absolute Gasteiger partial charge is 0.504 e. The Hall–Kier alpha value is -2.05. The van der Waals surface area contributed by atoms with Crippen molar-refractivity contribution in [1.82, 2.24) is 4.98 Å². The van der Waals surface area contributed by atoms with Crippen LogP contribution in [0.5, 0.6) is 0 Å². The normalized spacial score (nSPS) is 15.7. The first-order chi connectivity index (χ1) is 12.3. The van der Waals surface area contributed by atoms with Crippen molar-refractivity contribution >= 4 is 37.8 Å². The third-order valence-corrected chi connectivity index (χ3v) is 6.60. The molecule has 1 aromatic heterocycles. The lowest BCUT2D eigenvalue weighted by molar-refractivity contribution is 0.508. The molecular formula is C19H21ClN2O3S. The van der Waals surface area contributed by atoms with Crippen LogP contribution in [0.4, 0.5) is 5.69 Å². The first kappa shape index (κ1) is 18.7. The van der Waals surface area contributed by atoms with Crippen LogP contribution >= 0.6 is 11.6 Å². The summed E-state index contributed by atoms with van der Waals surface area (Å²) in [5.41, 5.74) is 2.80. The maximum Gasteiger partial charge on any atom is 0.186 e. The van der Waals surface area contributed by atoms with E-state index in [-0.39, 0.29) is 22.1 Å². The number of aliphatic hydroxyl groups excluding tert-OH is 1. The van der Waals surface area contributed by atoms with E-state index in [2.05, 4.69) is 11.9 Å². The number of nitrogens with zero attached hydrogens (tertiary/aromatic N) is 2. The minimum absolute atomic E-state index is 0.153. The number of sulfone groups is 1. The lowest BCUT2D eigenvalue weighted by Gasteiger charge is -2.25. The molecule has 1 aliphatic heterocycles. The number of pyridine rings is 1. The summed E-state index contributed by atoms with van der Waals surface area (Å²) in [4.78, 5) is 6.00. The summed E-state index contributed by atoms with van der Waals surface area (Å²) in [7, 11) is -1.82. The molecule has 7 heteroatoms. The zero-order chi connectivity index (χ0) is 19.1. The molecule has 0 saturated heterocycles. The molecule has 1 aliphatic rings. The fraction of sp³-hybridized carbons (Fsp3) is 0.316. The molecule has 5 nitrogen and oxygen atoms in total. The van der Waals surface area contributed by atoms with Crippen LogP contribution < -0.4 is 4.90 Å². The molecule has 26 heavy (non-hydrogen) atoms. The Morgan fingerprint density at radius 2 is 2.04 bits per heavy atom. The predicted octanol–water partition coefficient (Wildman–Crippen LogP) is 4.20. The zero-order valence-electron chi connectivity index (χ0n) is 15.0. The molecule has 3 rings (SSSR count). The molecule has 2 aromatic rings. The molecule has 138 valence electrons. The van der Waals surface area contributed by atoms with Gasteiger partial charge in [-0.1, -0.05) is 36.7 Å². The standard InChI is InChI=1S/C19H21ClN2O3S/c1-4-10-22(3)17-12(2)7-8-14(15(17)20)19-18(23)16-13(6-5-9-21-16)11-26(19,24)25/h5-9,23H,4,10-11H2,1-3H3. The van der Waals surface area contributed by atoms with Crippen LogP contribution in [0, 0.1) is 6.92 Å². The number of benzene rings is 1. The van der Waals surface area contributed by atoms with Crippen LogP contribution in [0.25, 0.3) is 10.7 Å².